The molecule has 1 saturated heterocycles. The molecular formula is C20H26N2O3S. The molecule has 0 N–H and O–H groups in total. The average Bonchev–Trinajstić information content (AvgIpc) is 3.11. The molecule has 1 atom stereocenters. The Kier molecular flexibility index (Phi) is 6.27. The second kappa shape index (κ2) is 8.64. The zero-order valence-electron chi connectivity index (χ0n) is 15.4. The Morgan fingerprint density at radius 3 is 2.54 bits per heavy atom. The summed E-state index contributed by atoms with van der Waals surface area (Å²) in [7, 11) is -1.18. The van der Waals surface area contributed by atoms with Crippen LogP contribution in [0.25, 0.3) is 0 Å². The lowest BCUT2D eigenvalue weighted by atomic mass is 10.2. The van der Waals surface area contributed by atoms with E-state index >= 15 is 0 Å². The first-order chi connectivity index (χ1) is 12.6. The summed E-state index contributed by atoms with van der Waals surface area (Å²) in [6.45, 7) is 8.46. The number of hydrogen-bond donors (Lipinski definition) is 0. The normalized spacial score (nSPS) is 16.6. The molecule has 26 heavy (non-hydrogen) atoms. The van der Waals surface area contributed by atoms with E-state index in [9.17, 15) is 9.00 Å². The predicted molar refractivity (Wildman–Crippen MR) is 103 cm³/mol. The van der Waals surface area contributed by atoms with E-state index in [0.29, 0.717) is 11.5 Å². The van der Waals surface area contributed by atoms with Crippen LogP contribution in [0.2, 0.25) is 0 Å². The van der Waals surface area contributed by atoms with Crippen LogP contribution in [0.3, 0.4) is 0 Å². The molecule has 0 spiro atoms. The molecule has 0 bridgehead atoms. The molecule has 2 heterocycles. The van der Waals surface area contributed by atoms with Gasteiger partial charge in [0.05, 0.1) is 16.6 Å². The summed E-state index contributed by atoms with van der Waals surface area (Å²) in [5.41, 5.74) is 0.999. The first-order valence-corrected chi connectivity index (χ1v) is 10.4. The Morgan fingerprint density at radius 1 is 1.12 bits per heavy atom. The summed E-state index contributed by atoms with van der Waals surface area (Å²) in [6, 6.07) is 11.1. The highest BCUT2D eigenvalue weighted by Crippen LogP contribution is 2.19. The van der Waals surface area contributed by atoms with Crippen molar-refractivity contribution in [3.63, 3.8) is 0 Å². The van der Waals surface area contributed by atoms with Gasteiger partial charge in [0, 0.05) is 31.1 Å². The molecule has 0 aliphatic carbocycles. The van der Waals surface area contributed by atoms with Gasteiger partial charge in [-0.2, -0.15) is 0 Å². The fourth-order valence-electron chi connectivity index (χ4n) is 3.24. The maximum absolute atomic E-state index is 12.6. The molecule has 5 nitrogen and oxygen atoms in total. The molecular weight excluding hydrogens is 348 g/mol. The number of benzene rings is 1. The summed E-state index contributed by atoms with van der Waals surface area (Å²) in [5.74, 6) is 1.13. The van der Waals surface area contributed by atoms with E-state index in [4.69, 9.17) is 4.42 Å². The van der Waals surface area contributed by atoms with Gasteiger partial charge < -0.3 is 9.32 Å². The Morgan fingerprint density at radius 2 is 1.85 bits per heavy atom. The van der Waals surface area contributed by atoms with Crippen LogP contribution in [0.5, 0.6) is 0 Å². The smallest absolute Gasteiger partial charge is 0.289 e. The summed E-state index contributed by atoms with van der Waals surface area (Å²) in [5, 5.41) is 0. The van der Waals surface area contributed by atoms with Crippen molar-refractivity contribution in [1.29, 1.82) is 0 Å². The van der Waals surface area contributed by atoms with Crippen molar-refractivity contribution < 1.29 is 13.4 Å². The van der Waals surface area contributed by atoms with Crippen LogP contribution in [-0.2, 0) is 16.6 Å². The van der Waals surface area contributed by atoms with E-state index in [1.807, 2.05) is 36.1 Å². The quantitative estimate of drug-likeness (QED) is 0.780. The second-order valence-corrected chi connectivity index (χ2v) is 8.07. The number of nitrogens with zero attached hydrogens (tertiary/aromatic N) is 2. The number of aryl methyl sites for hydroxylation is 1. The second-order valence-electron chi connectivity index (χ2n) is 6.66. The summed E-state index contributed by atoms with van der Waals surface area (Å²) in [4.78, 5) is 17.7. The van der Waals surface area contributed by atoms with Gasteiger partial charge in [-0.25, -0.2) is 0 Å². The van der Waals surface area contributed by atoms with Crippen molar-refractivity contribution in [3.05, 3.63) is 53.5 Å². The fraction of sp³-hybridized carbons (Fsp3) is 0.450. The van der Waals surface area contributed by atoms with Gasteiger partial charge in [0.25, 0.3) is 5.91 Å². The topological polar surface area (TPSA) is 53.8 Å². The molecule has 1 aliphatic rings. The van der Waals surface area contributed by atoms with Crippen LogP contribution in [0.4, 0.5) is 0 Å². The highest BCUT2D eigenvalue weighted by atomic mass is 32.2. The first-order valence-electron chi connectivity index (χ1n) is 9.13. The van der Waals surface area contributed by atoms with E-state index in [1.54, 1.807) is 12.1 Å². The van der Waals surface area contributed by atoms with Gasteiger partial charge in [-0.05, 0) is 43.7 Å². The van der Waals surface area contributed by atoms with Crippen molar-refractivity contribution in [3.8, 4) is 0 Å². The third-order valence-corrected chi connectivity index (χ3v) is 6.18. The molecule has 1 aromatic carbocycles. The fourth-order valence-corrected chi connectivity index (χ4v) is 4.46. The highest BCUT2D eigenvalue weighted by molar-refractivity contribution is 7.84. The van der Waals surface area contributed by atoms with Gasteiger partial charge in [-0.1, -0.05) is 25.1 Å². The van der Waals surface area contributed by atoms with E-state index in [1.165, 1.54) is 0 Å². The van der Waals surface area contributed by atoms with Crippen molar-refractivity contribution >= 4 is 16.7 Å². The zero-order chi connectivity index (χ0) is 18.5. The molecule has 1 fully saturated rings. The molecule has 140 valence electrons. The lowest BCUT2D eigenvalue weighted by Gasteiger charge is -2.34. The summed E-state index contributed by atoms with van der Waals surface area (Å²) in [6.07, 6.45) is 1.13. The molecule has 0 unspecified atom stereocenters. The minimum atomic E-state index is -1.18. The predicted octanol–water partition coefficient (Wildman–Crippen LogP) is 3.06. The monoisotopic (exact) mass is 374 g/mol. The number of carbonyl (C=O) groups is 1. The Bertz CT molecular complexity index is 779. The summed E-state index contributed by atoms with van der Waals surface area (Å²) >= 11 is 0. The van der Waals surface area contributed by atoms with Crippen LogP contribution in [0.1, 0.15) is 35.2 Å². The van der Waals surface area contributed by atoms with Gasteiger partial charge >= 0.3 is 0 Å². The zero-order valence-corrected chi connectivity index (χ0v) is 16.3. The van der Waals surface area contributed by atoms with Gasteiger partial charge in [0.15, 0.2) is 5.76 Å². The van der Waals surface area contributed by atoms with Crippen molar-refractivity contribution in [2.45, 2.75) is 30.9 Å². The van der Waals surface area contributed by atoms with E-state index in [0.717, 1.165) is 49.6 Å². The van der Waals surface area contributed by atoms with Crippen LogP contribution >= 0.6 is 0 Å². The van der Waals surface area contributed by atoms with Crippen LogP contribution < -0.4 is 0 Å². The minimum absolute atomic E-state index is 0.0749. The van der Waals surface area contributed by atoms with Gasteiger partial charge in [-0.15, -0.1) is 0 Å². The maximum atomic E-state index is 12.6. The third kappa shape index (κ3) is 4.43. The van der Waals surface area contributed by atoms with E-state index < -0.39 is 10.8 Å². The van der Waals surface area contributed by atoms with Crippen molar-refractivity contribution in [2.75, 3.05) is 32.7 Å². The maximum Gasteiger partial charge on any atom is 0.289 e. The van der Waals surface area contributed by atoms with Gasteiger partial charge in [0.1, 0.15) is 5.76 Å². The molecule has 3 rings (SSSR count). The number of hydrogen-bond acceptors (Lipinski definition) is 4. The lowest BCUT2D eigenvalue weighted by Crippen LogP contribution is -2.48. The van der Waals surface area contributed by atoms with Gasteiger partial charge in [-0.3, -0.25) is 13.9 Å². The number of rotatable bonds is 6. The first kappa shape index (κ1) is 18.9. The van der Waals surface area contributed by atoms with Crippen molar-refractivity contribution in [2.24, 2.45) is 0 Å². The Hall–Kier alpha value is -1.92. The molecule has 1 aromatic heterocycles. The SMILES string of the molecule is CCCN1CCN(C(=O)c2ccc(C[S@@](=O)c3ccccc3C)o2)CC1. The van der Waals surface area contributed by atoms with E-state index in [2.05, 4.69) is 11.8 Å². The Labute approximate surface area is 157 Å². The minimum Gasteiger partial charge on any atom is -0.455 e. The lowest BCUT2D eigenvalue weighted by molar-refractivity contribution is 0.0605. The van der Waals surface area contributed by atoms with E-state index in [-0.39, 0.29) is 11.7 Å². The molecule has 2 aromatic rings. The van der Waals surface area contributed by atoms with Gasteiger partial charge in [0.2, 0.25) is 0 Å². The molecule has 1 amide bonds. The molecule has 0 saturated carbocycles. The molecule has 0 radical (unpaired) electrons. The van der Waals surface area contributed by atoms with Crippen LogP contribution in [-0.4, -0.2) is 52.6 Å². The number of furan rings is 1. The largest absolute Gasteiger partial charge is 0.455 e. The van der Waals surface area contributed by atoms with Crippen LogP contribution in [0.15, 0.2) is 45.7 Å². The highest BCUT2D eigenvalue weighted by Gasteiger charge is 2.24. The molecule has 6 heteroatoms. The standard InChI is InChI=1S/C20H26N2O3S/c1-3-10-21-11-13-22(14-12-21)20(23)18-9-8-17(25-18)15-26(24)19-7-5-4-6-16(19)2/h4-9H,3,10-15H2,1-2H3/t26-/m1/s1. The summed E-state index contributed by atoms with van der Waals surface area (Å²) < 4.78 is 18.3. The number of carbonyl (C=O) groups excluding carboxylic acids is 1. The Balaban J connectivity index is 1.60. The van der Waals surface area contributed by atoms with Crippen molar-refractivity contribution in [1.82, 2.24) is 9.80 Å². The third-order valence-electron chi connectivity index (χ3n) is 4.68. The number of amides is 1. The van der Waals surface area contributed by atoms with Crippen LogP contribution in [0, 0.1) is 6.92 Å². The molecule has 1 aliphatic heterocycles. The number of piperazine rings is 1. The average molecular weight is 375 g/mol.